The zero-order chi connectivity index (χ0) is 26.9. The second-order valence-electron chi connectivity index (χ2n) is 9.71. The number of rotatable bonds is 8. The Labute approximate surface area is 210 Å². The largest absolute Gasteiger partial charge is 0.493 e. The number of Topliss-reactive ketones (excluding diaryl/α,β-unsaturated/α-hetero) is 1. The van der Waals surface area contributed by atoms with Gasteiger partial charge in [-0.2, -0.15) is 13.2 Å². The molecule has 3 unspecified atom stereocenters. The SMILES string of the molecule is CC(C)COc1ccc(C(=O)C2CCC(Cn3nnc4ccc(C(F)(F)F)cc4c3=O)C2C(=O)O)cc1. The molecule has 11 heteroatoms. The van der Waals surface area contributed by atoms with Gasteiger partial charge in [-0.15, -0.1) is 5.10 Å². The van der Waals surface area contributed by atoms with Gasteiger partial charge in [0, 0.05) is 11.5 Å². The molecule has 0 radical (unpaired) electrons. The van der Waals surface area contributed by atoms with Gasteiger partial charge in [-0.05, 0) is 67.1 Å². The van der Waals surface area contributed by atoms with Crippen molar-refractivity contribution in [3.05, 3.63) is 63.9 Å². The van der Waals surface area contributed by atoms with Crippen LogP contribution in [0.1, 0.15) is 42.6 Å². The Hall–Kier alpha value is -3.76. The fourth-order valence-electron chi connectivity index (χ4n) is 4.74. The number of alkyl halides is 3. The molecule has 3 aromatic rings. The summed E-state index contributed by atoms with van der Waals surface area (Å²) >= 11 is 0. The normalized spacial score (nSPS) is 19.9. The van der Waals surface area contributed by atoms with Crippen molar-refractivity contribution in [2.45, 2.75) is 39.4 Å². The molecular weight excluding hydrogens is 491 g/mol. The van der Waals surface area contributed by atoms with Crippen LogP contribution < -0.4 is 10.3 Å². The minimum atomic E-state index is -4.64. The maximum absolute atomic E-state index is 13.2. The summed E-state index contributed by atoms with van der Waals surface area (Å²) in [6.45, 7) is 4.36. The van der Waals surface area contributed by atoms with Gasteiger partial charge in [0.15, 0.2) is 5.78 Å². The van der Waals surface area contributed by atoms with E-state index in [-0.39, 0.29) is 23.2 Å². The average molecular weight is 518 g/mol. The second kappa shape index (κ2) is 10.3. The van der Waals surface area contributed by atoms with Crippen LogP contribution >= 0.6 is 0 Å². The van der Waals surface area contributed by atoms with Crippen LogP contribution in [0.5, 0.6) is 5.75 Å². The van der Waals surface area contributed by atoms with Gasteiger partial charge in [0.2, 0.25) is 0 Å². The Bertz CT molecular complexity index is 1370. The van der Waals surface area contributed by atoms with Crippen molar-refractivity contribution >= 4 is 22.7 Å². The van der Waals surface area contributed by atoms with Crippen LogP contribution in [0.25, 0.3) is 10.9 Å². The number of carboxylic acid groups (broad SMARTS) is 1. The van der Waals surface area contributed by atoms with E-state index in [1.807, 2.05) is 13.8 Å². The third-order valence-corrected chi connectivity index (χ3v) is 6.59. The lowest BCUT2D eigenvalue weighted by atomic mass is 9.84. The zero-order valence-electron chi connectivity index (χ0n) is 20.2. The van der Waals surface area contributed by atoms with Crippen molar-refractivity contribution in [3.63, 3.8) is 0 Å². The first-order valence-corrected chi connectivity index (χ1v) is 11.9. The van der Waals surface area contributed by atoms with E-state index >= 15 is 0 Å². The highest BCUT2D eigenvalue weighted by Crippen LogP contribution is 2.40. The molecule has 2 aromatic carbocycles. The lowest BCUT2D eigenvalue weighted by Gasteiger charge is -2.20. The monoisotopic (exact) mass is 517 g/mol. The van der Waals surface area contributed by atoms with Gasteiger partial charge in [-0.25, -0.2) is 4.68 Å². The molecule has 0 saturated heterocycles. The molecule has 0 amide bonds. The summed E-state index contributed by atoms with van der Waals surface area (Å²) in [7, 11) is 0. The van der Waals surface area contributed by atoms with E-state index in [1.165, 1.54) is 0 Å². The summed E-state index contributed by atoms with van der Waals surface area (Å²) in [6, 6.07) is 9.13. The number of aromatic nitrogens is 3. The number of hydrogen-bond acceptors (Lipinski definition) is 6. The van der Waals surface area contributed by atoms with Crippen LogP contribution in [0.4, 0.5) is 13.2 Å². The molecule has 1 heterocycles. The maximum atomic E-state index is 13.2. The molecule has 0 spiro atoms. The molecule has 1 N–H and O–H groups in total. The van der Waals surface area contributed by atoms with Crippen LogP contribution in [0.15, 0.2) is 47.3 Å². The summed E-state index contributed by atoms with van der Waals surface area (Å²) in [5, 5.41) is 17.3. The highest BCUT2D eigenvalue weighted by molar-refractivity contribution is 6.00. The van der Waals surface area contributed by atoms with Crippen LogP contribution in [0.3, 0.4) is 0 Å². The van der Waals surface area contributed by atoms with Crippen molar-refractivity contribution in [2.24, 2.45) is 23.7 Å². The molecule has 3 atom stereocenters. The Kier molecular flexibility index (Phi) is 7.33. The van der Waals surface area contributed by atoms with Gasteiger partial charge in [0.05, 0.1) is 30.0 Å². The molecule has 0 bridgehead atoms. The van der Waals surface area contributed by atoms with Gasteiger partial charge < -0.3 is 9.84 Å². The molecule has 1 aliphatic rings. The fraction of sp³-hybridized carbons (Fsp3) is 0.423. The van der Waals surface area contributed by atoms with E-state index in [4.69, 9.17) is 4.74 Å². The number of carbonyl (C=O) groups is 2. The molecule has 1 aliphatic carbocycles. The van der Waals surface area contributed by atoms with Crippen LogP contribution in [-0.4, -0.2) is 38.5 Å². The number of aliphatic carboxylic acids is 1. The molecule has 1 aromatic heterocycles. The quantitative estimate of drug-likeness (QED) is 0.439. The van der Waals surface area contributed by atoms with Crippen molar-refractivity contribution in [1.82, 2.24) is 15.0 Å². The Morgan fingerprint density at radius 2 is 1.84 bits per heavy atom. The number of halogens is 3. The highest BCUT2D eigenvalue weighted by atomic mass is 19.4. The van der Waals surface area contributed by atoms with Gasteiger partial charge in [0.25, 0.3) is 5.56 Å². The van der Waals surface area contributed by atoms with Gasteiger partial charge >= 0.3 is 12.1 Å². The molecule has 0 aliphatic heterocycles. The number of hydrogen-bond donors (Lipinski definition) is 1. The van der Waals surface area contributed by atoms with Gasteiger partial charge in [-0.3, -0.25) is 14.4 Å². The summed E-state index contributed by atoms with van der Waals surface area (Å²) in [4.78, 5) is 38.3. The van der Waals surface area contributed by atoms with Crippen molar-refractivity contribution < 1.29 is 32.6 Å². The fourth-order valence-corrected chi connectivity index (χ4v) is 4.74. The predicted molar refractivity (Wildman–Crippen MR) is 127 cm³/mol. The van der Waals surface area contributed by atoms with Crippen molar-refractivity contribution in [1.29, 1.82) is 0 Å². The van der Waals surface area contributed by atoms with Crippen LogP contribution in [-0.2, 0) is 17.5 Å². The van der Waals surface area contributed by atoms with Crippen LogP contribution in [0.2, 0.25) is 0 Å². The van der Waals surface area contributed by atoms with E-state index < -0.39 is 41.0 Å². The minimum Gasteiger partial charge on any atom is -0.493 e. The first kappa shape index (κ1) is 26.3. The molecule has 4 rings (SSSR count). The number of fused-ring (bicyclic) bond motifs is 1. The number of carbonyl (C=O) groups excluding carboxylic acids is 1. The third kappa shape index (κ3) is 5.65. The Morgan fingerprint density at radius 1 is 1.14 bits per heavy atom. The first-order valence-electron chi connectivity index (χ1n) is 11.9. The molecular formula is C26H26F3N3O5. The van der Waals surface area contributed by atoms with E-state index in [0.29, 0.717) is 42.7 Å². The molecule has 196 valence electrons. The van der Waals surface area contributed by atoms with E-state index in [0.717, 1.165) is 16.8 Å². The number of benzene rings is 2. The molecule has 1 saturated carbocycles. The summed E-state index contributed by atoms with van der Waals surface area (Å²) in [6.07, 6.45) is -4.02. The van der Waals surface area contributed by atoms with Gasteiger partial charge in [0.1, 0.15) is 11.3 Å². The number of carboxylic acids is 1. The van der Waals surface area contributed by atoms with E-state index in [2.05, 4.69) is 10.3 Å². The maximum Gasteiger partial charge on any atom is 0.416 e. The zero-order valence-corrected chi connectivity index (χ0v) is 20.2. The standard InChI is InChI=1S/C26H26F3N3O5/c1-14(2)13-37-18-7-3-15(4-8-18)23(33)19-9-5-16(22(19)25(35)36)12-32-24(34)20-11-17(26(27,28)29)6-10-21(20)30-31-32/h3-4,6-8,10-11,14,16,19,22H,5,9,12-13H2,1-2H3,(H,35,36). The second-order valence-corrected chi connectivity index (χ2v) is 9.71. The summed E-state index contributed by atoms with van der Waals surface area (Å²) in [5.74, 6) is -3.10. The Morgan fingerprint density at radius 3 is 2.46 bits per heavy atom. The van der Waals surface area contributed by atoms with Gasteiger partial charge in [-0.1, -0.05) is 19.1 Å². The summed E-state index contributed by atoms with van der Waals surface area (Å²) in [5.41, 5.74) is -1.43. The van der Waals surface area contributed by atoms with E-state index in [9.17, 15) is 32.7 Å². The highest BCUT2D eigenvalue weighted by Gasteiger charge is 2.45. The third-order valence-electron chi connectivity index (χ3n) is 6.59. The molecule has 8 nitrogen and oxygen atoms in total. The van der Waals surface area contributed by atoms with Crippen molar-refractivity contribution in [3.8, 4) is 5.75 Å². The smallest absolute Gasteiger partial charge is 0.416 e. The number of nitrogens with zero attached hydrogens (tertiary/aromatic N) is 3. The lowest BCUT2D eigenvalue weighted by Crippen LogP contribution is -2.34. The Balaban J connectivity index is 1.55. The first-order chi connectivity index (χ1) is 17.5. The lowest BCUT2D eigenvalue weighted by molar-refractivity contribution is -0.144. The van der Waals surface area contributed by atoms with Crippen molar-refractivity contribution in [2.75, 3.05) is 6.61 Å². The topological polar surface area (TPSA) is 111 Å². The average Bonchev–Trinajstić information content (AvgIpc) is 3.27. The number of ketones is 1. The number of ether oxygens (including phenoxy) is 1. The minimum absolute atomic E-state index is 0.00401. The van der Waals surface area contributed by atoms with E-state index in [1.54, 1.807) is 24.3 Å². The summed E-state index contributed by atoms with van der Waals surface area (Å²) < 4.78 is 45.9. The molecule has 1 fully saturated rings. The van der Waals surface area contributed by atoms with Crippen LogP contribution in [0, 0.1) is 23.7 Å². The predicted octanol–water partition coefficient (Wildman–Crippen LogP) is 4.46. The molecule has 37 heavy (non-hydrogen) atoms.